The minimum atomic E-state index is 0.332. The molecule has 0 aliphatic heterocycles. The molecule has 0 fully saturated rings. The van der Waals surface area contributed by atoms with Gasteiger partial charge in [-0.15, -0.1) is 11.3 Å². The maximum atomic E-state index is 6.19. The van der Waals surface area contributed by atoms with Crippen LogP contribution in [0.3, 0.4) is 0 Å². The molecule has 4 heterocycles. The van der Waals surface area contributed by atoms with Gasteiger partial charge in [0.25, 0.3) is 0 Å². The van der Waals surface area contributed by atoms with Crippen molar-refractivity contribution in [2.75, 3.05) is 5.32 Å². The number of anilines is 1. The number of rotatable bonds is 4. The summed E-state index contributed by atoms with van der Waals surface area (Å²) < 4.78 is 2.91. The molecule has 1 N–H and O–H groups in total. The van der Waals surface area contributed by atoms with Crippen molar-refractivity contribution in [3.63, 3.8) is 0 Å². The van der Waals surface area contributed by atoms with Crippen LogP contribution in [0.5, 0.6) is 0 Å². The van der Waals surface area contributed by atoms with Crippen LogP contribution in [0.25, 0.3) is 15.9 Å². The summed E-state index contributed by atoms with van der Waals surface area (Å²) in [6.07, 6.45) is 5.40. The number of hydrogen-bond acceptors (Lipinski definition) is 6. The van der Waals surface area contributed by atoms with Gasteiger partial charge in [0.1, 0.15) is 16.0 Å². The molecule has 4 aromatic rings. The van der Waals surface area contributed by atoms with Crippen molar-refractivity contribution in [3.05, 3.63) is 46.4 Å². The summed E-state index contributed by atoms with van der Waals surface area (Å²) in [6.45, 7) is 4.81. The normalized spacial score (nSPS) is 11.7. The van der Waals surface area contributed by atoms with E-state index in [-0.39, 0.29) is 0 Å². The monoisotopic (exact) mass is 358 g/mol. The van der Waals surface area contributed by atoms with Crippen molar-refractivity contribution in [2.45, 2.75) is 26.3 Å². The molecule has 0 aromatic carbocycles. The minimum Gasteiger partial charge on any atom is -0.363 e. The van der Waals surface area contributed by atoms with E-state index >= 15 is 0 Å². The SMILES string of the molecule is CC(C)c1cnn2c(NCc3nc4cnccc4s3)cc(Cl)nc12. The van der Waals surface area contributed by atoms with E-state index < -0.39 is 0 Å². The topological polar surface area (TPSA) is 68.0 Å². The largest absolute Gasteiger partial charge is 0.363 e. The Balaban J connectivity index is 1.66. The van der Waals surface area contributed by atoms with Gasteiger partial charge in [-0.25, -0.2) is 9.97 Å². The van der Waals surface area contributed by atoms with Crippen LogP contribution >= 0.6 is 22.9 Å². The zero-order valence-corrected chi connectivity index (χ0v) is 14.8. The predicted octanol–water partition coefficient (Wildman–Crippen LogP) is 4.12. The number of fused-ring (bicyclic) bond motifs is 2. The summed E-state index contributed by atoms with van der Waals surface area (Å²) in [5.41, 5.74) is 2.78. The number of pyridine rings is 1. The Morgan fingerprint density at radius 2 is 2.17 bits per heavy atom. The van der Waals surface area contributed by atoms with Crippen LogP contribution in [0.4, 0.5) is 5.82 Å². The van der Waals surface area contributed by atoms with Crippen molar-refractivity contribution >= 4 is 44.6 Å². The van der Waals surface area contributed by atoms with Crippen LogP contribution in [-0.2, 0) is 6.54 Å². The summed E-state index contributed by atoms with van der Waals surface area (Å²) in [5.74, 6) is 1.13. The van der Waals surface area contributed by atoms with Crippen molar-refractivity contribution in [2.24, 2.45) is 0 Å². The lowest BCUT2D eigenvalue weighted by Crippen LogP contribution is -2.06. The fraction of sp³-hybridized carbons (Fsp3) is 0.250. The smallest absolute Gasteiger partial charge is 0.162 e. The Bertz CT molecular complexity index is 989. The quantitative estimate of drug-likeness (QED) is 0.556. The molecule has 4 aromatic heterocycles. The lowest BCUT2D eigenvalue weighted by atomic mass is 10.1. The van der Waals surface area contributed by atoms with Crippen LogP contribution < -0.4 is 5.32 Å². The van der Waals surface area contributed by atoms with E-state index in [9.17, 15) is 0 Å². The van der Waals surface area contributed by atoms with E-state index in [4.69, 9.17) is 11.6 Å². The van der Waals surface area contributed by atoms with Gasteiger partial charge >= 0.3 is 0 Å². The van der Waals surface area contributed by atoms with Crippen LogP contribution in [0.2, 0.25) is 5.15 Å². The molecule has 0 saturated carbocycles. The lowest BCUT2D eigenvalue weighted by molar-refractivity contribution is 0.871. The third kappa shape index (κ3) is 2.70. The Morgan fingerprint density at radius 1 is 1.29 bits per heavy atom. The van der Waals surface area contributed by atoms with E-state index in [0.29, 0.717) is 17.6 Å². The summed E-state index contributed by atoms with van der Waals surface area (Å²) in [5, 5.41) is 9.23. The van der Waals surface area contributed by atoms with E-state index in [1.54, 1.807) is 34.3 Å². The first-order valence-electron chi connectivity index (χ1n) is 7.59. The number of nitrogens with zero attached hydrogens (tertiary/aromatic N) is 5. The molecule has 0 saturated heterocycles. The van der Waals surface area contributed by atoms with Crippen LogP contribution in [0.15, 0.2) is 30.7 Å². The van der Waals surface area contributed by atoms with Gasteiger partial charge in [-0.2, -0.15) is 9.61 Å². The van der Waals surface area contributed by atoms with Crippen molar-refractivity contribution < 1.29 is 0 Å². The molecule has 0 bridgehead atoms. The average molecular weight is 359 g/mol. The Labute approximate surface area is 147 Å². The standard InChI is InChI=1S/C16H15ClN6S/c1-9(2)10-6-20-23-14(5-13(17)22-16(10)23)19-8-15-21-11-7-18-4-3-12(11)24-15/h3-7,9,19H,8H2,1-2H3. The summed E-state index contributed by atoms with van der Waals surface area (Å²) in [7, 11) is 0. The molecule has 0 atom stereocenters. The molecule has 6 nitrogen and oxygen atoms in total. The van der Waals surface area contributed by atoms with E-state index in [2.05, 4.69) is 39.2 Å². The van der Waals surface area contributed by atoms with Gasteiger partial charge in [-0.05, 0) is 12.0 Å². The molecular weight excluding hydrogens is 344 g/mol. The van der Waals surface area contributed by atoms with E-state index in [0.717, 1.165) is 32.3 Å². The van der Waals surface area contributed by atoms with Gasteiger partial charge in [0, 0.05) is 17.8 Å². The van der Waals surface area contributed by atoms with Crippen LogP contribution in [-0.4, -0.2) is 24.6 Å². The second-order valence-corrected chi connectivity index (χ2v) is 7.26. The zero-order chi connectivity index (χ0) is 16.7. The fourth-order valence-electron chi connectivity index (χ4n) is 2.55. The maximum Gasteiger partial charge on any atom is 0.162 e. The van der Waals surface area contributed by atoms with Gasteiger partial charge in [0.15, 0.2) is 5.65 Å². The Hall–Kier alpha value is -2.25. The Kier molecular flexibility index (Phi) is 3.82. The molecule has 0 aliphatic carbocycles. The molecule has 0 amide bonds. The van der Waals surface area contributed by atoms with Crippen molar-refractivity contribution in [3.8, 4) is 0 Å². The summed E-state index contributed by atoms with van der Waals surface area (Å²) >= 11 is 7.83. The lowest BCUT2D eigenvalue weighted by Gasteiger charge is -2.08. The molecule has 122 valence electrons. The highest BCUT2D eigenvalue weighted by Gasteiger charge is 2.13. The first-order chi connectivity index (χ1) is 11.6. The maximum absolute atomic E-state index is 6.19. The summed E-state index contributed by atoms with van der Waals surface area (Å²) in [6, 6.07) is 3.75. The van der Waals surface area contributed by atoms with Gasteiger partial charge < -0.3 is 5.32 Å². The zero-order valence-electron chi connectivity index (χ0n) is 13.2. The second kappa shape index (κ2) is 5.99. The highest BCUT2D eigenvalue weighted by molar-refractivity contribution is 7.18. The first-order valence-corrected chi connectivity index (χ1v) is 8.79. The van der Waals surface area contributed by atoms with E-state index in [1.165, 1.54) is 0 Å². The number of thiazole rings is 1. The minimum absolute atomic E-state index is 0.332. The molecule has 0 spiro atoms. The number of halogens is 1. The third-order valence-electron chi connectivity index (χ3n) is 3.74. The van der Waals surface area contributed by atoms with Crippen molar-refractivity contribution in [1.29, 1.82) is 0 Å². The molecule has 24 heavy (non-hydrogen) atoms. The van der Waals surface area contributed by atoms with Crippen LogP contribution in [0, 0.1) is 0 Å². The number of nitrogens with one attached hydrogen (secondary N) is 1. The highest BCUT2D eigenvalue weighted by atomic mass is 35.5. The molecule has 8 heteroatoms. The molecular formula is C16H15ClN6S. The van der Waals surface area contributed by atoms with Gasteiger partial charge in [-0.1, -0.05) is 25.4 Å². The molecule has 0 radical (unpaired) electrons. The second-order valence-electron chi connectivity index (χ2n) is 5.76. The highest BCUT2D eigenvalue weighted by Crippen LogP contribution is 2.25. The predicted molar refractivity (Wildman–Crippen MR) is 96.8 cm³/mol. The van der Waals surface area contributed by atoms with Gasteiger partial charge in [-0.3, -0.25) is 4.98 Å². The molecule has 0 unspecified atom stereocenters. The van der Waals surface area contributed by atoms with E-state index in [1.807, 2.05) is 12.3 Å². The fourth-order valence-corrected chi connectivity index (χ4v) is 3.61. The Morgan fingerprint density at radius 3 is 2.96 bits per heavy atom. The average Bonchev–Trinajstić information content (AvgIpc) is 3.15. The van der Waals surface area contributed by atoms with Gasteiger partial charge in [0.05, 0.1) is 29.2 Å². The molecule has 0 aliphatic rings. The number of aromatic nitrogens is 5. The van der Waals surface area contributed by atoms with Crippen LogP contribution in [0.1, 0.15) is 30.3 Å². The molecule has 4 rings (SSSR count). The summed E-state index contributed by atoms with van der Waals surface area (Å²) in [4.78, 5) is 13.1. The third-order valence-corrected chi connectivity index (χ3v) is 4.97. The first kappa shape index (κ1) is 15.3. The number of hydrogen-bond donors (Lipinski definition) is 1. The van der Waals surface area contributed by atoms with Gasteiger partial charge in [0.2, 0.25) is 0 Å². The van der Waals surface area contributed by atoms with Crippen molar-refractivity contribution in [1.82, 2.24) is 24.6 Å².